The molecule has 0 bridgehead atoms. The zero-order valence-electron chi connectivity index (χ0n) is 10.9. The Morgan fingerprint density at radius 1 is 1.30 bits per heavy atom. The summed E-state index contributed by atoms with van der Waals surface area (Å²) in [4.78, 5) is 12.6. The molecule has 1 saturated heterocycles. The molecule has 0 unspecified atom stereocenters. The molecule has 20 heavy (non-hydrogen) atoms. The van der Waals surface area contributed by atoms with Crippen LogP contribution in [0.1, 0.15) is 12.8 Å². The van der Waals surface area contributed by atoms with Crippen molar-refractivity contribution in [3.05, 3.63) is 36.0 Å². The van der Waals surface area contributed by atoms with Crippen molar-refractivity contribution in [2.45, 2.75) is 17.7 Å². The van der Waals surface area contributed by atoms with E-state index in [1.807, 2.05) is 5.40 Å². The van der Waals surface area contributed by atoms with Crippen LogP contribution in [0, 0.1) is 10.7 Å². The average Bonchev–Trinajstić information content (AvgIpc) is 2.49. The molecule has 0 saturated carbocycles. The zero-order valence-corrected chi connectivity index (χ0v) is 11.7. The van der Waals surface area contributed by atoms with Crippen LogP contribution in [0.25, 0.3) is 0 Å². The van der Waals surface area contributed by atoms with Crippen LogP contribution in [-0.4, -0.2) is 19.2 Å². The number of nitriles is 1. The third-order valence-electron chi connectivity index (χ3n) is 2.82. The van der Waals surface area contributed by atoms with Crippen LogP contribution in [-0.2, 0) is 4.74 Å². The predicted octanol–water partition coefficient (Wildman–Crippen LogP) is 3.08. The van der Waals surface area contributed by atoms with Crippen molar-refractivity contribution in [2.75, 3.05) is 18.5 Å². The minimum absolute atomic E-state index is 0.273. The summed E-state index contributed by atoms with van der Waals surface area (Å²) >= 11 is 1.09. The highest BCUT2D eigenvalue weighted by molar-refractivity contribution is 8.03. The summed E-state index contributed by atoms with van der Waals surface area (Å²) in [5.74, 6) is 0. The fourth-order valence-corrected chi connectivity index (χ4v) is 2.15. The third-order valence-corrected chi connectivity index (χ3v) is 3.42. The van der Waals surface area contributed by atoms with Crippen molar-refractivity contribution in [3.8, 4) is 5.40 Å². The minimum Gasteiger partial charge on any atom is -0.381 e. The van der Waals surface area contributed by atoms with E-state index in [1.54, 1.807) is 30.5 Å². The second-order valence-electron chi connectivity index (χ2n) is 4.23. The van der Waals surface area contributed by atoms with Gasteiger partial charge in [0.15, 0.2) is 0 Å². The monoisotopic (exact) mass is 289 g/mol. The van der Waals surface area contributed by atoms with Crippen LogP contribution in [0.3, 0.4) is 0 Å². The van der Waals surface area contributed by atoms with Gasteiger partial charge in [0, 0.05) is 16.8 Å². The lowest BCUT2D eigenvalue weighted by molar-refractivity contribution is 0.119. The highest BCUT2D eigenvalue weighted by atomic mass is 32.2. The van der Waals surface area contributed by atoms with Gasteiger partial charge in [-0.15, -0.1) is 0 Å². The quantitative estimate of drug-likeness (QED) is 0.662. The molecule has 1 aliphatic rings. The zero-order chi connectivity index (χ0) is 14.2. The van der Waals surface area contributed by atoms with Crippen molar-refractivity contribution < 1.29 is 9.53 Å². The number of hydrogen-bond donors (Lipinski definition) is 2. The van der Waals surface area contributed by atoms with E-state index in [2.05, 4.69) is 10.6 Å². The van der Waals surface area contributed by atoms with Gasteiger partial charge in [-0.05, 0) is 54.4 Å². The molecule has 6 heteroatoms. The third kappa shape index (κ3) is 4.61. The summed E-state index contributed by atoms with van der Waals surface area (Å²) in [6.07, 6.45) is 3.47. The molecule has 0 atom stereocenters. The van der Waals surface area contributed by atoms with E-state index in [9.17, 15) is 4.79 Å². The Morgan fingerprint density at radius 3 is 2.65 bits per heavy atom. The standard InChI is InChI=1S/C14H15N3O2S/c15-10-20-13-3-1-12(2-4-13)17-14(18)16-9-11-5-7-19-8-6-11/h1-4,9H,5-8H2,(H2,16,17,18). The van der Waals surface area contributed by atoms with Gasteiger partial charge in [0.2, 0.25) is 0 Å². The number of amides is 2. The summed E-state index contributed by atoms with van der Waals surface area (Å²) in [6.45, 7) is 1.43. The first-order valence-electron chi connectivity index (χ1n) is 6.27. The number of thiocyanates is 1. The molecule has 5 nitrogen and oxygen atoms in total. The predicted molar refractivity (Wildman–Crippen MR) is 78.2 cm³/mol. The number of urea groups is 1. The lowest BCUT2D eigenvalue weighted by Gasteiger charge is -2.14. The normalized spacial score (nSPS) is 14.2. The summed E-state index contributed by atoms with van der Waals surface area (Å²) in [5.41, 5.74) is 1.88. The van der Waals surface area contributed by atoms with Gasteiger partial charge in [-0.1, -0.05) is 0 Å². The van der Waals surface area contributed by atoms with Crippen molar-refractivity contribution in [3.63, 3.8) is 0 Å². The SMILES string of the molecule is N#CSc1ccc(NC(=O)NC=C2CCOCC2)cc1. The minimum atomic E-state index is -0.273. The molecule has 1 heterocycles. The Kier molecular flexibility index (Phi) is 5.47. The van der Waals surface area contributed by atoms with Gasteiger partial charge in [-0.3, -0.25) is 0 Å². The molecule has 104 valence electrons. The van der Waals surface area contributed by atoms with Gasteiger partial charge in [0.25, 0.3) is 0 Å². The molecule has 1 aromatic rings. The van der Waals surface area contributed by atoms with E-state index < -0.39 is 0 Å². The molecule has 2 N–H and O–H groups in total. The number of ether oxygens (including phenoxy) is 1. The average molecular weight is 289 g/mol. The van der Waals surface area contributed by atoms with Gasteiger partial charge >= 0.3 is 6.03 Å². The summed E-state index contributed by atoms with van der Waals surface area (Å²) < 4.78 is 5.24. The Hall–Kier alpha value is -1.97. The molecule has 1 aromatic carbocycles. The highest BCUT2D eigenvalue weighted by Gasteiger charge is 2.06. The number of carbonyl (C=O) groups excluding carboxylic acids is 1. The van der Waals surface area contributed by atoms with Crippen LogP contribution < -0.4 is 10.6 Å². The van der Waals surface area contributed by atoms with Crippen LogP contribution >= 0.6 is 11.8 Å². The first-order chi connectivity index (χ1) is 9.78. The Labute approximate surface area is 122 Å². The van der Waals surface area contributed by atoms with E-state index in [0.717, 1.165) is 29.5 Å². The highest BCUT2D eigenvalue weighted by Crippen LogP contribution is 2.19. The van der Waals surface area contributed by atoms with Crippen LogP contribution in [0.5, 0.6) is 0 Å². The summed E-state index contributed by atoms with van der Waals surface area (Å²) in [7, 11) is 0. The van der Waals surface area contributed by atoms with E-state index in [1.165, 1.54) is 5.57 Å². The molecule has 0 aromatic heterocycles. The fraction of sp³-hybridized carbons (Fsp3) is 0.286. The number of carbonyl (C=O) groups is 1. The van der Waals surface area contributed by atoms with Gasteiger partial charge in [-0.2, -0.15) is 5.26 Å². The molecule has 2 rings (SSSR count). The smallest absolute Gasteiger partial charge is 0.323 e. The number of nitrogens with zero attached hydrogens (tertiary/aromatic N) is 1. The van der Waals surface area contributed by atoms with Crippen LogP contribution in [0.15, 0.2) is 40.9 Å². The molecule has 0 spiro atoms. The van der Waals surface area contributed by atoms with E-state index in [4.69, 9.17) is 10.00 Å². The maximum absolute atomic E-state index is 11.7. The molecule has 0 aliphatic carbocycles. The Balaban J connectivity index is 1.83. The topological polar surface area (TPSA) is 74.2 Å². The van der Waals surface area contributed by atoms with Gasteiger partial charge in [0.1, 0.15) is 5.40 Å². The Bertz CT molecular complexity index is 526. The fourth-order valence-electron chi connectivity index (χ4n) is 1.77. The maximum Gasteiger partial charge on any atom is 0.323 e. The number of anilines is 1. The van der Waals surface area contributed by atoms with E-state index in [-0.39, 0.29) is 6.03 Å². The number of thioether (sulfide) groups is 1. The van der Waals surface area contributed by atoms with Crippen molar-refractivity contribution in [1.82, 2.24) is 5.32 Å². The number of nitrogens with one attached hydrogen (secondary N) is 2. The molecular weight excluding hydrogens is 274 g/mol. The lowest BCUT2D eigenvalue weighted by Crippen LogP contribution is -2.25. The Morgan fingerprint density at radius 2 is 2.00 bits per heavy atom. The van der Waals surface area contributed by atoms with Crippen LogP contribution in [0.2, 0.25) is 0 Å². The van der Waals surface area contributed by atoms with Gasteiger partial charge in [-0.25, -0.2) is 4.79 Å². The summed E-state index contributed by atoms with van der Waals surface area (Å²) in [6, 6.07) is 6.84. The maximum atomic E-state index is 11.7. The molecular formula is C14H15N3O2S. The second kappa shape index (κ2) is 7.58. The number of benzene rings is 1. The van der Waals surface area contributed by atoms with Crippen molar-refractivity contribution in [1.29, 1.82) is 5.26 Å². The van der Waals surface area contributed by atoms with Gasteiger partial charge < -0.3 is 15.4 Å². The van der Waals surface area contributed by atoms with Crippen molar-refractivity contribution in [2.24, 2.45) is 0 Å². The van der Waals surface area contributed by atoms with E-state index in [0.29, 0.717) is 18.9 Å². The summed E-state index contributed by atoms with van der Waals surface area (Å²) in [5, 5.41) is 16.0. The largest absolute Gasteiger partial charge is 0.381 e. The first-order valence-corrected chi connectivity index (χ1v) is 7.09. The number of rotatable bonds is 3. The molecule has 2 amide bonds. The lowest BCUT2D eigenvalue weighted by atomic mass is 10.1. The molecule has 1 aliphatic heterocycles. The molecule has 0 radical (unpaired) electrons. The number of hydrogen-bond acceptors (Lipinski definition) is 4. The van der Waals surface area contributed by atoms with Gasteiger partial charge in [0.05, 0.1) is 13.2 Å². The first kappa shape index (κ1) is 14.4. The van der Waals surface area contributed by atoms with Crippen LogP contribution in [0.4, 0.5) is 10.5 Å². The van der Waals surface area contributed by atoms with E-state index >= 15 is 0 Å². The van der Waals surface area contributed by atoms with Crippen molar-refractivity contribution >= 4 is 23.5 Å². The molecule has 1 fully saturated rings. The second-order valence-corrected chi connectivity index (χ2v) is 5.09.